The summed E-state index contributed by atoms with van der Waals surface area (Å²) in [4.78, 5) is 4.77. The number of nitrogens with zero attached hydrogens (tertiary/aromatic N) is 2. The van der Waals surface area contributed by atoms with Crippen molar-refractivity contribution in [2.24, 2.45) is 0 Å². The lowest BCUT2D eigenvalue weighted by molar-refractivity contribution is -0.0496. The second-order valence-corrected chi connectivity index (χ2v) is 5.99. The summed E-state index contributed by atoms with van der Waals surface area (Å²) in [6.07, 6.45) is 3.73. The van der Waals surface area contributed by atoms with Crippen molar-refractivity contribution in [1.82, 2.24) is 4.90 Å². The minimum atomic E-state index is -2.78. The molecule has 5 heteroatoms. The highest BCUT2D eigenvalue weighted by Crippen LogP contribution is 2.34. The van der Waals surface area contributed by atoms with Gasteiger partial charge in [0.2, 0.25) is 0 Å². The number of halogens is 2. The van der Waals surface area contributed by atoms with Crippen LogP contribution in [-0.4, -0.2) is 43.2 Å². The molecule has 1 aromatic rings. The molecule has 0 amide bonds. The van der Waals surface area contributed by atoms with E-state index in [2.05, 4.69) is 16.7 Å². The Morgan fingerprint density at radius 1 is 1.19 bits per heavy atom. The first-order chi connectivity index (χ1) is 10.1. The molecular weight excluding hydrogens is 274 g/mol. The number of hydrogen-bond acceptors (Lipinski definition) is 3. The first-order valence-corrected chi connectivity index (χ1v) is 7.69. The van der Waals surface area contributed by atoms with Gasteiger partial charge in [0.1, 0.15) is 5.75 Å². The van der Waals surface area contributed by atoms with E-state index in [0.29, 0.717) is 12.1 Å². The van der Waals surface area contributed by atoms with Gasteiger partial charge in [0.15, 0.2) is 0 Å². The van der Waals surface area contributed by atoms with Gasteiger partial charge in [0, 0.05) is 25.2 Å². The molecule has 0 aromatic heterocycles. The lowest BCUT2D eigenvalue weighted by Gasteiger charge is -2.48. The number of piperidine rings is 1. The van der Waals surface area contributed by atoms with Gasteiger partial charge < -0.3 is 9.64 Å². The third-order valence-corrected chi connectivity index (χ3v) is 4.58. The van der Waals surface area contributed by atoms with Crippen molar-refractivity contribution in [1.29, 1.82) is 0 Å². The summed E-state index contributed by atoms with van der Waals surface area (Å²) < 4.78 is 29.9. The topological polar surface area (TPSA) is 15.7 Å². The highest BCUT2D eigenvalue weighted by atomic mass is 19.3. The molecular formula is C16H22F2N2O. The van der Waals surface area contributed by atoms with Crippen molar-refractivity contribution in [2.45, 2.75) is 44.9 Å². The number of benzene rings is 1. The summed E-state index contributed by atoms with van der Waals surface area (Å²) in [7, 11) is 0. The van der Waals surface area contributed by atoms with E-state index >= 15 is 0 Å². The highest BCUT2D eigenvalue weighted by molar-refractivity contribution is 5.59. The zero-order chi connectivity index (χ0) is 14.8. The predicted molar refractivity (Wildman–Crippen MR) is 79.1 cm³/mol. The van der Waals surface area contributed by atoms with Crippen LogP contribution in [0.5, 0.6) is 5.75 Å². The van der Waals surface area contributed by atoms with Crippen molar-refractivity contribution >= 4 is 5.69 Å². The molecule has 2 fully saturated rings. The molecule has 3 rings (SSSR count). The number of piperazine rings is 1. The van der Waals surface area contributed by atoms with Crippen molar-refractivity contribution in [2.75, 3.05) is 24.5 Å². The van der Waals surface area contributed by atoms with Gasteiger partial charge in [0.25, 0.3) is 0 Å². The van der Waals surface area contributed by atoms with Crippen LogP contribution in [0.4, 0.5) is 14.5 Å². The minimum absolute atomic E-state index is 0.281. The van der Waals surface area contributed by atoms with Gasteiger partial charge >= 0.3 is 6.61 Å². The van der Waals surface area contributed by atoms with Crippen molar-refractivity contribution in [3.8, 4) is 5.75 Å². The minimum Gasteiger partial charge on any atom is -0.433 e. The van der Waals surface area contributed by atoms with Gasteiger partial charge in [-0.2, -0.15) is 8.78 Å². The molecule has 0 saturated carbocycles. The fraction of sp³-hybridized carbons (Fsp3) is 0.625. The largest absolute Gasteiger partial charge is 0.433 e. The second-order valence-electron chi connectivity index (χ2n) is 5.99. The number of alkyl halides is 2. The molecule has 2 aliphatic rings. The third kappa shape index (κ3) is 3.12. The normalized spacial score (nSPS) is 26.8. The van der Waals surface area contributed by atoms with Crippen molar-refractivity contribution in [3.63, 3.8) is 0 Å². The number of rotatable bonds is 3. The first-order valence-electron chi connectivity index (χ1n) is 7.69. The Morgan fingerprint density at radius 2 is 2.00 bits per heavy atom. The molecule has 0 aliphatic carbocycles. The average molecular weight is 296 g/mol. The van der Waals surface area contributed by atoms with E-state index in [-0.39, 0.29) is 5.75 Å². The summed E-state index contributed by atoms with van der Waals surface area (Å²) in [5.74, 6) is 0.281. The van der Waals surface area contributed by atoms with E-state index in [0.717, 1.165) is 25.3 Å². The van der Waals surface area contributed by atoms with E-state index in [1.807, 2.05) is 12.1 Å². The molecule has 0 bridgehead atoms. The molecule has 0 N–H and O–H groups in total. The molecule has 2 heterocycles. The zero-order valence-corrected chi connectivity index (χ0v) is 12.3. The fourth-order valence-electron chi connectivity index (χ4n) is 3.58. The van der Waals surface area contributed by atoms with Gasteiger partial charge in [0.05, 0.1) is 5.69 Å². The maximum Gasteiger partial charge on any atom is 0.387 e. The Balaban J connectivity index is 1.82. The van der Waals surface area contributed by atoms with Crippen LogP contribution < -0.4 is 9.64 Å². The predicted octanol–water partition coefficient (Wildman–Crippen LogP) is 3.35. The molecule has 21 heavy (non-hydrogen) atoms. The Labute approximate surface area is 124 Å². The zero-order valence-electron chi connectivity index (χ0n) is 12.3. The van der Waals surface area contributed by atoms with Crippen LogP contribution in [0.2, 0.25) is 0 Å². The number of ether oxygens (including phenoxy) is 1. The molecule has 0 spiro atoms. The molecule has 2 aliphatic heterocycles. The standard InChI is InChI=1S/C16H22F2N2O/c1-12-10-19-9-5-4-6-13(19)11-20(12)14-7-2-3-8-15(14)21-16(17)18/h2-3,7-8,12-13,16H,4-6,9-11H2,1H3. The molecule has 3 nitrogen and oxygen atoms in total. The number of fused-ring (bicyclic) bond motifs is 1. The molecule has 116 valence electrons. The fourth-order valence-corrected chi connectivity index (χ4v) is 3.58. The molecule has 2 atom stereocenters. The van der Waals surface area contributed by atoms with E-state index in [4.69, 9.17) is 4.74 Å². The van der Waals surface area contributed by atoms with E-state index in [1.165, 1.54) is 19.3 Å². The van der Waals surface area contributed by atoms with Crippen molar-refractivity contribution < 1.29 is 13.5 Å². The molecule has 2 saturated heterocycles. The van der Waals surface area contributed by atoms with Gasteiger partial charge in [-0.15, -0.1) is 0 Å². The number of hydrogen-bond donors (Lipinski definition) is 0. The summed E-state index contributed by atoms with van der Waals surface area (Å²) in [5.41, 5.74) is 0.788. The van der Waals surface area contributed by atoms with Crippen LogP contribution in [0, 0.1) is 0 Å². The average Bonchev–Trinajstić information content (AvgIpc) is 2.47. The lowest BCUT2D eigenvalue weighted by Crippen LogP contribution is -2.58. The summed E-state index contributed by atoms with van der Waals surface area (Å²) in [6.45, 7) is 2.43. The maximum atomic E-state index is 12.6. The summed E-state index contributed by atoms with van der Waals surface area (Å²) in [5, 5.41) is 0. The quantitative estimate of drug-likeness (QED) is 0.850. The Kier molecular flexibility index (Phi) is 4.29. The monoisotopic (exact) mass is 296 g/mol. The molecule has 1 aromatic carbocycles. The Bertz CT molecular complexity index is 483. The van der Waals surface area contributed by atoms with E-state index < -0.39 is 6.61 Å². The number of para-hydroxylation sites is 2. The van der Waals surface area contributed by atoms with Gasteiger partial charge in [-0.25, -0.2) is 0 Å². The maximum absolute atomic E-state index is 12.6. The second kappa shape index (κ2) is 6.18. The van der Waals surface area contributed by atoms with Crippen LogP contribution >= 0.6 is 0 Å². The van der Waals surface area contributed by atoms with Gasteiger partial charge in [-0.3, -0.25) is 4.90 Å². The van der Waals surface area contributed by atoms with E-state index in [9.17, 15) is 8.78 Å². The number of anilines is 1. The van der Waals surface area contributed by atoms with Crippen LogP contribution in [0.3, 0.4) is 0 Å². The van der Waals surface area contributed by atoms with Crippen LogP contribution in [0.25, 0.3) is 0 Å². The van der Waals surface area contributed by atoms with Gasteiger partial charge in [-0.1, -0.05) is 18.6 Å². The van der Waals surface area contributed by atoms with Crippen molar-refractivity contribution in [3.05, 3.63) is 24.3 Å². The summed E-state index contributed by atoms with van der Waals surface area (Å²) >= 11 is 0. The van der Waals surface area contributed by atoms with Crippen LogP contribution in [0.1, 0.15) is 26.2 Å². The highest BCUT2D eigenvalue weighted by Gasteiger charge is 2.34. The molecule has 0 radical (unpaired) electrons. The SMILES string of the molecule is CC1CN2CCCCC2CN1c1ccccc1OC(F)F. The molecule has 2 unspecified atom stereocenters. The first kappa shape index (κ1) is 14.6. The Morgan fingerprint density at radius 3 is 2.81 bits per heavy atom. The van der Waals surface area contributed by atoms with E-state index in [1.54, 1.807) is 12.1 Å². The third-order valence-electron chi connectivity index (χ3n) is 4.58. The van der Waals surface area contributed by atoms with Crippen LogP contribution in [-0.2, 0) is 0 Å². The van der Waals surface area contributed by atoms with Gasteiger partial charge in [-0.05, 0) is 38.4 Å². The smallest absolute Gasteiger partial charge is 0.387 e. The lowest BCUT2D eigenvalue weighted by atomic mass is 9.96. The van der Waals surface area contributed by atoms with Crippen LogP contribution in [0.15, 0.2) is 24.3 Å². The summed E-state index contributed by atoms with van der Waals surface area (Å²) in [6, 6.07) is 7.97. The Hall–Kier alpha value is -1.36.